The number of aliphatic hydroxyl groups excluding tert-OH is 1. The van der Waals surface area contributed by atoms with Crippen molar-refractivity contribution in [3.63, 3.8) is 0 Å². The van der Waals surface area contributed by atoms with Crippen molar-refractivity contribution in [1.29, 1.82) is 0 Å². The van der Waals surface area contributed by atoms with Crippen LogP contribution in [-0.4, -0.2) is 37.7 Å². The van der Waals surface area contributed by atoms with E-state index in [2.05, 4.69) is 11.8 Å². The molecule has 98 valence electrons. The lowest BCUT2D eigenvalue weighted by Gasteiger charge is -2.14. The first-order valence-corrected chi connectivity index (χ1v) is 7.39. The van der Waals surface area contributed by atoms with Crippen LogP contribution in [0.1, 0.15) is 17.5 Å². The molecular formula is C13H17NO3S. The summed E-state index contributed by atoms with van der Waals surface area (Å²) in [4.78, 5) is 0. The van der Waals surface area contributed by atoms with Crippen LogP contribution in [0.4, 0.5) is 0 Å². The molecule has 5 heteroatoms. The molecule has 0 spiro atoms. The van der Waals surface area contributed by atoms with E-state index in [9.17, 15) is 8.42 Å². The largest absolute Gasteiger partial charge is 0.395 e. The van der Waals surface area contributed by atoms with E-state index in [1.54, 1.807) is 0 Å². The van der Waals surface area contributed by atoms with Gasteiger partial charge in [0.05, 0.1) is 12.9 Å². The molecule has 1 N–H and O–H groups in total. The van der Waals surface area contributed by atoms with E-state index in [1.807, 2.05) is 24.3 Å². The highest BCUT2D eigenvalue weighted by Crippen LogP contribution is 2.11. The highest BCUT2D eigenvalue weighted by Gasteiger charge is 2.12. The Morgan fingerprint density at radius 2 is 2.00 bits per heavy atom. The van der Waals surface area contributed by atoms with Gasteiger partial charge in [0.2, 0.25) is 10.0 Å². The summed E-state index contributed by atoms with van der Waals surface area (Å²) in [6.45, 7) is 0.321. The quantitative estimate of drug-likeness (QED) is 0.821. The van der Waals surface area contributed by atoms with Crippen molar-refractivity contribution >= 4 is 10.0 Å². The van der Waals surface area contributed by atoms with Gasteiger partial charge < -0.3 is 5.11 Å². The van der Waals surface area contributed by atoms with Crippen LogP contribution in [0.3, 0.4) is 0 Å². The van der Waals surface area contributed by atoms with Gasteiger partial charge in [-0.1, -0.05) is 30.0 Å². The molecule has 0 aliphatic carbocycles. The fourth-order valence-electron chi connectivity index (χ4n) is 1.35. The molecule has 0 aromatic heterocycles. The number of benzene rings is 1. The van der Waals surface area contributed by atoms with Gasteiger partial charge in [-0.3, -0.25) is 0 Å². The maximum Gasteiger partial charge on any atom is 0.211 e. The molecule has 0 saturated carbocycles. The standard InChI is InChI=1S/C13H17NO3S/c1-14(18(2,16)17)11-13-9-4-3-7-12(13)8-5-6-10-15/h3-4,7,9,15H,6,10-11H2,1-2H3. The van der Waals surface area contributed by atoms with E-state index in [4.69, 9.17) is 5.11 Å². The second kappa shape index (κ2) is 6.55. The van der Waals surface area contributed by atoms with Crippen LogP contribution in [0.25, 0.3) is 0 Å². The van der Waals surface area contributed by atoms with E-state index >= 15 is 0 Å². The van der Waals surface area contributed by atoms with Crippen LogP contribution in [-0.2, 0) is 16.6 Å². The molecule has 18 heavy (non-hydrogen) atoms. The normalized spacial score (nSPS) is 11.1. The van der Waals surface area contributed by atoms with Gasteiger partial charge in [-0.25, -0.2) is 12.7 Å². The molecule has 0 aliphatic heterocycles. The first kappa shape index (κ1) is 14.7. The van der Waals surface area contributed by atoms with Crippen LogP contribution in [0, 0.1) is 11.8 Å². The van der Waals surface area contributed by atoms with Crippen molar-refractivity contribution in [2.45, 2.75) is 13.0 Å². The summed E-state index contributed by atoms with van der Waals surface area (Å²) in [5.41, 5.74) is 1.65. The highest BCUT2D eigenvalue weighted by molar-refractivity contribution is 7.88. The number of sulfonamides is 1. The minimum absolute atomic E-state index is 0.0262. The Hall–Kier alpha value is -1.35. The van der Waals surface area contributed by atoms with Crippen molar-refractivity contribution in [3.05, 3.63) is 35.4 Å². The number of hydrogen-bond acceptors (Lipinski definition) is 3. The first-order chi connectivity index (χ1) is 8.45. The van der Waals surface area contributed by atoms with Gasteiger partial charge in [-0.2, -0.15) is 0 Å². The predicted octanol–water partition coefficient (Wildman–Crippen LogP) is 0.812. The molecule has 1 rings (SSSR count). The van der Waals surface area contributed by atoms with Crippen molar-refractivity contribution in [2.24, 2.45) is 0 Å². The average Bonchev–Trinajstić information content (AvgIpc) is 2.30. The Morgan fingerprint density at radius 3 is 2.61 bits per heavy atom. The molecule has 1 aromatic rings. The van der Waals surface area contributed by atoms with Gasteiger partial charge in [-0.15, -0.1) is 0 Å². The second-order valence-corrected chi connectivity index (χ2v) is 6.04. The lowest BCUT2D eigenvalue weighted by Crippen LogP contribution is -2.25. The maximum atomic E-state index is 11.4. The van der Waals surface area contributed by atoms with Crippen molar-refractivity contribution < 1.29 is 13.5 Å². The Balaban J connectivity index is 2.94. The summed E-state index contributed by atoms with van der Waals surface area (Å²) < 4.78 is 24.0. The molecule has 0 aliphatic rings. The molecule has 4 nitrogen and oxygen atoms in total. The molecule has 0 bridgehead atoms. The van der Waals surface area contributed by atoms with Crippen LogP contribution in [0.5, 0.6) is 0 Å². The molecule has 0 saturated heterocycles. The zero-order valence-electron chi connectivity index (χ0n) is 10.5. The van der Waals surface area contributed by atoms with Crippen LogP contribution in [0.2, 0.25) is 0 Å². The van der Waals surface area contributed by atoms with Crippen molar-refractivity contribution in [1.82, 2.24) is 4.31 Å². The lowest BCUT2D eigenvalue weighted by atomic mass is 10.1. The number of rotatable bonds is 4. The summed E-state index contributed by atoms with van der Waals surface area (Å²) in [5.74, 6) is 5.78. The summed E-state index contributed by atoms with van der Waals surface area (Å²) in [7, 11) is -1.66. The minimum Gasteiger partial charge on any atom is -0.395 e. The first-order valence-electron chi connectivity index (χ1n) is 5.54. The second-order valence-electron chi connectivity index (χ2n) is 3.95. The van der Waals surface area contributed by atoms with E-state index in [0.717, 1.165) is 11.1 Å². The predicted molar refractivity (Wildman–Crippen MR) is 71.3 cm³/mol. The lowest BCUT2D eigenvalue weighted by molar-refractivity contribution is 0.305. The summed E-state index contributed by atoms with van der Waals surface area (Å²) in [6, 6.07) is 7.40. The Kier molecular flexibility index (Phi) is 5.35. The highest BCUT2D eigenvalue weighted by atomic mass is 32.2. The fourth-order valence-corrected chi connectivity index (χ4v) is 1.72. The number of nitrogens with zero attached hydrogens (tertiary/aromatic N) is 1. The van der Waals surface area contributed by atoms with Crippen LogP contribution in [0.15, 0.2) is 24.3 Å². The molecule has 0 amide bonds. The molecule has 0 heterocycles. The van der Waals surface area contributed by atoms with Gasteiger partial charge in [0.1, 0.15) is 0 Å². The third-order valence-corrected chi connectivity index (χ3v) is 3.70. The average molecular weight is 267 g/mol. The minimum atomic E-state index is -3.20. The third-order valence-electron chi connectivity index (χ3n) is 2.44. The topological polar surface area (TPSA) is 57.6 Å². The Bertz CT molecular complexity index is 555. The van der Waals surface area contributed by atoms with Crippen LogP contribution < -0.4 is 0 Å². The molecule has 0 radical (unpaired) electrons. The molecule has 0 atom stereocenters. The third kappa shape index (κ3) is 4.49. The summed E-state index contributed by atoms with van der Waals surface area (Å²) in [6.07, 6.45) is 1.59. The smallest absolute Gasteiger partial charge is 0.211 e. The van der Waals surface area contributed by atoms with Crippen molar-refractivity contribution in [3.8, 4) is 11.8 Å². The molecular weight excluding hydrogens is 250 g/mol. The molecule has 0 unspecified atom stereocenters. The molecule has 0 fully saturated rings. The van der Waals surface area contributed by atoms with E-state index < -0.39 is 10.0 Å². The fraction of sp³-hybridized carbons (Fsp3) is 0.385. The maximum absolute atomic E-state index is 11.4. The number of hydrogen-bond donors (Lipinski definition) is 1. The van der Waals surface area contributed by atoms with Crippen molar-refractivity contribution in [2.75, 3.05) is 19.9 Å². The van der Waals surface area contributed by atoms with Gasteiger partial charge in [0, 0.05) is 25.6 Å². The summed E-state index contributed by atoms with van der Waals surface area (Å²) in [5, 5.41) is 8.68. The monoisotopic (exact) mass is 267 g/mol. The van der Waals surface area contributed by atoms with E-state index in [0.29, 0.717) is 13.0 Å². The van der Waals surface area contributed by atoms with Gasteiger partial charge in [0.15, 0.2) is 0 Å². The molecule has 1 aromatic carbocycles. The van der Waals surface area contributed by atoms with Gasteiger partial charge in [-0.05, 0) is 11.6 Å². The summed E-state index contributed by atoms with van der Waals surface area (Å²) >= 11 is 0. The zero-order chi connectivity index (χ0) is 13.6. The Morgan fingerprint density at radius 1 is 1.33 bits per heavy atom. The SMILES string of the molecule is CN(Cc1ccccc1C#CCCO)S(C)(=O)=O. The van der Waals surface area contributed by atoms with E-state index in [1.165, 1.54) is 17.6 Å². The van der Waals surface area contributed by atoms with Gasteiger partial charge in [0.25, 0.3) is 0 Å². The Labute approximate surface area is 108 Å². The van der Waals surface area contributed by atoms with E-state index in [-0.39, 0.29) is 6.61 Å². The van der Waals surface area contributed by atoms with Crippen LogP contribution >= 0.6 is 0 Å². The van der Waals surface area contributed by atoms with Gasteiger partial charge >= 0.3 is 0 Å². The zero-order valence-corrected chi connectivity index (χ0v) is 11.4. The number of aliphatic hydroxyl groups is 1.